The van der Waals surface area contributed by atoms with Gasteiger partial charge in [-0.2, -0.15) is 9.97 Å². The number of terminal acetylenes is 1. The summed E-state index contributed by atoms with van der Waals surface area (Å²) in [5.74, 6) is 1.80. The van der Waals surface area contributed by atoms with Gasteiger partial charge in [0.1, 0.15) is 40.5 Å². The van der Waals surface area contributed by atoms with E-state index in [0.29, 0.717) is 40.5 Å². The molecule has 268 valence electrons. The molecule has 3 fully saturated rings. The summed E-state index contributed by atoms with van der Waals surface area (Å²) in [4.78, 5) is 29.8. The van der Waals surface area contributed by atoms with Crippen LogP contribution in [0.4, 0.5) is 14.6 Å². The molecule has 0 amide bonds. The van der Waals surface area contributed by atoms with Gasteiger partial charge in [-0.3, -0.25) is 9.88 Å². The number of unbranched alkanes of at least 4 members (excludes halogenated alkanes) is 6. The monoisotopic (exact) mass is 696 g/mol. The van der Waals surface area contributed by atoms with E-state index in [0.717, 1.165) is 71.2 Å². The SMILES string of the molecule is C#Cc1c(F)ccc2cc(O)cc(-c3ncc4c(N5CC6CCC(C5)N6)nc(OC5CCN(CCCCCCCCCC(C)=O)C5)nc4c3F)c12. The van der Waals surface area contributed by atoms with Crippen LogP contribution in [-0.4, -0.2) is 81.7 Å². The Balaban J connectivity index is 1.12. The van der Waals surface area contributed by atoms with Gasteiger partial charge in [0.15, 0.2) is 5.82 Å². The van der Waals surface area contributed by atoms with Crippen LogP contribution >= 0.6 is 0 Å². The van der Waals surface area contributed by atoms with E-state index in [1.807, 2.05) is 0 Å². The Morgan fingerprint density at radius 3 is 2.51 bits per heavy atom. The number of piperazine rings is 1. The first-order chi connectivity index (χ1) is 24.8. The van der Waals surface area contributed by atoms with Crippen molar-refractivity contribution in [2.75, 3.05) is 37.6 Å². The summed E-state index contributed by atoms with van der Waals surface area (Å²) in [6, 6.07) is 6.32. The summed E-state index contributed by atoms with van der Waals surface area (Å²) in [6.45, 7) is 5.77. The number of fused-ring (bicyclic) bond motifs is 4. The maximum Gasteiger partial charge on any atom is 0.319 e. The van der Waals surface area contributed by atoms with Gasteiger partial charge in [-0.15, -0.1) is 6.42 Å². The van der Waals surface area contributed by atoms with E-state index in [2.05, 4.69) is 31.0 Å². The third-order valence-corrected chi connectivity index (χ3v) is 10.6. The van der Waals surface area contributed by atoms with Crippen LogP contribution in [0.1, 0.15) is 83.1 Å². The second kappa shape index (κ2) is 15.5. The molecule has 4 aromatic rings. The van der Waals surface area contributed by atoms with Crippen LogP contribution in [-0.2, 0) is 4.79 Å². The lowest BCUT2D eigenvalue weighted by molar-refractivity contribution is -0.117. The second-order valence-electron chi connectivity index (χ2n) is 14.5. The fraction of sp³-hybridized carbons (Fsp3) is 0.500. The van der Waals surface area contributed by atoms with E-state index >= 15 is 4.39 Å². The van der Waals surface area contributed by atoms with E-state index in [1.165, 1.54) is 49.9 Å². The lowest BCUT2D eigenvalue weighted by Gasteiger charge is -2.34. The molecule has 3 atom stereocenters. The molecule has 11 heteroatoms. The number of phenols is 1. The first kappa shape index (κ1) is 35.0. The van der Waals surface area contributed by atoms with Crippen molar-refractivity contribution in [1.82, 2.24) is 25.2 Å². The Labute approximate surface area is 297 Å². The Bertz CT molecular complexity index is 1950. The van der Waals surface area contributed by atoms with Gasteiger partial charge in [-0.05, 0) is 69.2 Å². The number of pyridine rings is 1. The number of aromatic hydroxyl groups is 1. The summed E-state index contributed by atoms with van der Waals surface area (Å²) in [6.07, 6.45) is 18.8. The fourth-order valence-corrected chi connectivity index (χ4v) is 8.06. The van der Waals surface area contributed by atoms with Crippen molar-refractivity contribution in [2.45, 2.75) is 95.7 Å². The van der Waals surface area contributed by atoms with E-state index in [9.17, 15) is 14.3 Å². The zero-order chi connectivity index (χ0) is 35.5. The number of nitrogens with one attached hydrogen (secondary N) is 1. The van der Waals surface area contributed by atoms with Gasteiger partial charge < -0.3 is 24.9 Å². The predicted molar refractivity (Wildman–Crippen MR) is 195 cm³/mol. The number of carbonyl (C=O) groups excluding carboxylic acids is 1. The van der Waals surface area contributed by atoms with Crippen molar-refractivity contribution in [3.8, 4) is 35.4 Å². The Morgan fingerprint density at radius 1 is 1.02 bits per heavy atom. The molecule has 51 heavy (non-hydrogen) atoms. The first-order valence-electron chi connectivity index (χ1n) is 18.4. The van der Waals surface area contributed by atoms with Crippen LogP contribution in [0.25, 0.3) is 32.9 Å². The topological polar surface area (TPSA) is 104 Å². The quantitative estimate of drug-likeness (QED) is 0.108. The average molecular weight is 697 g/mol. The minimum atomic E-state index is -0.717. The number of anilines is 1. The van der Waals surface area contributed by atoms with Gasteiger partial charge in [-0.1, -0.05) is 44.1 Å². The summed E-state index contributed by atoms with van der Waals surface area (Å²) in [5, 5.41) is 15.4. The molecule has 0 saturated carbocycles. The van der Waals surface area contributed by atoms with Crippen molar-refractivity contribution >= 4 is 33.3 Å². The van der Waals surface area contributed by atoms with Crippen molar-refractivity contribution in [3.63, 3.8) is 0 Å². The molecule has 7 rings (SSSR count). The molecule has 0 spiro atoms. The van der Waals surface area contributed by atoms with Crippen LogP contribution in [0, 0.1) is 24.0 Å². The predicted octanol–water partition coefficient (Wildman–Crippen LogP) is 6.91. The Kier molecular flexibility index (Phi) is 10.6. The number of ketones is 1. The number of likely N-dealkylation sites (tertiary alicyclic amines) is 1. The van der Waals surface area contributed by atoms with Gasteiger partial charge in [0.05, 0.1) is 10.9 Å². The van der Waals surface area contributed by atoms with Gasteiger partial charge >= 0.3 is 6.01 Å². The highest BCUT2D eigenvalue weighted by molar-refractivity contribution is 6.03. The maximum absolute atomic E-state index is 16.9. The molecule has 2 N–H and O–H groups in total. The highest BCUT2D eigenvalue weighted by Crippen LogP contribution is 2.39. The highest BCUT2D eigenvalue weighted by Gasteiger charge is 2.35. The molecule has 0 aliphatic carbocycles. The third kappa shape index (κ3) is 7.77. The number of phenolic OH excluding ortho intramolecular Hbond substituents is 1. The number of halogens is 2. The fourth-order valence-electron chi connectivity index (χ4n) is 8.06. The number of benzene rings is 2. The van der Waals surface area contributed by atoms with E-state index in [4.69, 9.17) is 16.1 Å². The molecular formula is C40H46F2N6O3. The number of hydrogen-bond donors (Lipinski definition) is 2. The minimum absolute atomic E-state index is 0.0283. The maximum atomic E-state index is 16.9. The van der Waals surface area contributed by atoms with Gasteiger partial charge in [0, 0.05) is 61.8 Å². The average Bonchev–Trinajstić information content (AvgIpc) is 3.71. The molecule has 5 heterocycles. The smallest absolute Gasteiger partial charge is 0.319 e. The van der Waals surface area contributed by atoms with Gasteiger partial charge in [0.2, 0.25) is 0 Å². The lowest BCUT2D eigenvalue weighted by atomic mass is 9.96. The molecule has 2 aromatic heterocycles. The van der Waals surface area contributed by atoms with Crippen LogP contribution in [0.2, 0.25) is 0 Å². The molecule has 0 radical (unpaired) electrons. The number of aromatic nitrogens is 3. The first-order valence-corrected chi connectivity index (χ1v) is 18.4. The van der Waals surface area contributed by atoms with E-state index in [-0.39, 0.29) is 46.0 Å². The molecule has 3 unspecified atom stereocenters. The van der Waals surface area contributed by atoms with Crippen molar-refractivity contribution in [2.24, 2.45) is 0 Å². The number of ether oxygens (including phenoxy) is 1. The van der Waals surface area contributed by atoms with Crippen molar-refractivity contribution < 1.29 is 23.4 Å². The molecule has 3 aliphatic rings. The van der Waals surface area contributed by atoms with Crippen molar-refractivity contribution in [3.05, 3.63) is 47.7 Å². The molecule has 2 bridgehead atoms. The molecule has 3 aliphatic heterocycles. The number of Topliss-reactive ketones (excluding diaryl/α,β-unsaturated/α-hetero) is 1. The van der Waals surface area contributed by atoms with Gasteiger partial charge in [-0.25, -0.2) is 8.78 Å². The standard InChI is InChI=1S/C40H46F2N6O3/c1-3-31-34(41)15-12-26-19-29(50)20-32(35(26)31)37-36(42)38-33(21-43-37)39(48-22-27-13-14-28(23-48)44-27)46-40(45-38)51-30-16-18-47(24-30)17-10-8-6-4-5-7-9-11-25(2)49/h1,12,15,19-21,27-28,30,44,50H,4-11,13-14,16-18,22-24H2,2H3. The summed E-state index contributed by atoms with van der Waals surface area (Å²) < 4.78 is 38.1. The van der Waals surface area contributed by atoms with Crippen LogP contribution < -0.4 is 15.0 Å². The lowest BCUT2D eigenvalue weighted by Crippen LogP contribution is -2.51. The molecule has 9 nitrogen and oxygen atoms in total. The minimum Gasteiger partial charge on any atom is -0.508 e. The normalized spacial score (nSPS) is 20.4. The Morgan fingerprint density at radius 2 is 1.76 bits per heavy atom. The van der Waals surface area contributed by atoms with Crippen molar-refractivity contribution in [1.29, 1.82) is 0 Å². The number of nitrogens with zero attached hydrogens (tertiary/aromatic N) is 5. The molecular weight excluding hydrogens is 650 g/mol. The number of rotatable bonds is 14. The van der Waals surface area contributed by atoms with E-state index < -0.39 is 11.6 Å². The van der Waals surface area contributed by atoms with E-state index in [1.54, 1.807) is 13.1 Å². The Hall–Kier alpha value is -4.40. The van der Waals surface area contributed by atoms with Crippen LogP contribution in [0.15, 0.2) is 30.5 Å². The molecule has 2 aromatic carbocycles. The molecule has 3 saturated heterocycles. The third-order valence-electron chi connectivity index (χ3n) is 10.6. The van der Waals surface area contributed by atoms with Gasteiger partial charge in [0.25, 0.3) is 0 Å². The zero-order valence-corrected chi connectivity index (χ0v) is 29.3. The number of hydrogen-bond acceptors (Lipinski definition) is 9. The highest BCUT2D eigenvalue weighted by atomic mass is 19.1. The summed E-state index contributed by atoms with van der Waals surface area (Å²) in [5.41, 5.74) is 0.111. The summed E-state index contributed by atoms with van der Waals surface area (Å²) in [7, 11) is 0. The number of carbonyl (C=O) groups is 1. The zero-order valence-electron chi connectivity index (χ0n) is 29.3. The van der Waals surface area contributed by atoms with Crippen LogP contribution in [0.3, 0.4) is 0 Å². The van der Waals surface area contributed by atoms with Crippen LogP contribution in [0.5, 0.6) is 11.8 Å². The largest absolute Gasteiger partial charge is 0.508 e. The summed E-state index contributed by atoms with van der Waals surface area (Å²) >= 11 is 0. The second-order valence-corrected chi connectivity index (χ2v) is 14.5.